The van der Waals surface area contributed by atoms with Crippen molar-refractivity contribution in [1.29, 1.82) is 0 Å². The molecular weight excluding hydrogens is 352 g/mol. The Bertz CT molecular complexity index is 478. The quantitative estimate of drug-likeness (QED) is 0.551. The molecule has 0 rings (SSSR count). The molecule has 4 nitrogen and oxygen atoms in total. The highest BCUT2D eigenvalue weighted by molar-refractivity contribution is 6.74. The van der Waals surface area contributed by atoms with Crippen LogP contribution in [0.15, 0.2) is 23.4 Å². The van der Waals surface area contributed by atoms with E-state index in [0.717, 1.165) is 11.5 Å². The second-order valence-electron chi connectivity index (χ2n) is 8.44. The Kier molecular flexibility index (Phi) is 10.2. The standard InChI is InChI=1S/C19H37ClN2O2Si/c1-14(2)17(21)18(23)22-13-9-10-16(12-11-15(3)20)24-25(7,8)19(4,5)6/h9,11,13-14,16-17H,10,12,21H2,1-8H3,(H,22,23)/t16-,17+/m1/s1. The molecule has 0 saturated carbocycles. The molecule has 1 amide bonds. The minimum atomic E-state index is -1.87. The molecule has 0 aliphatic heterocycles. The monoisotopic (exact) mass is 388 g/mol. The molecule has 0 aliphatic rings. The molecule has 2 atom stereocenters. The summed E-state index contributed by atoms with van der Waals surface area (Å²) in [6, 6.07) is -0.495. The van der Waals surface area contributed by atoms with Crippen molar-refractivity contribution in [3.8, 4) is 0 Å². The van der Waals surface area contributed by atoms with Crippen molar-refractivity contribution < 1.29 is 9.22 Å². The number of amides is 1. The predicted molar refractivity (Wildman–Crippen MR) is 111 cm³/mol. The van der Waals surface area contributed by atoms with E-state index < -0.39 is 14.4 Å². The van der Waals surface area contributed by atoms with Gasteiger partial charge in [0.15, 0.2) is 8.32 Å². The maximum Gasteiger partial charge on any atom is 0.241 e. The van der Waals surface area contributed by atoms with Crippen LogP contribution in [0.2, 0.25) is 18.1 Å². The van der Waals surface area contributed by atoms with Gasteiger partial charge >= 0.3 is 0 Å². The van der Waals surface area contributed by atoms with E-state index in [2.05, 4.69) is 39.2 Å². The molecule has 0 fully saturated rings. The molecule has 146 valence electrons. The topological polar surface area (TPSA) is 64.4 Å². The van der Waals surface area contributed by atoms with Crippen LogP contribution in [0.1, 0.15) is 54.4 Å². The fraction of sp³-hybridized carbons (Fsp3) is 0.737. The molecule has 0 radical (unpaired) electrons. The lowest BCUT2D eigenvalue weighted by Gasteiger charge is -2.39. The molecule has 0 aromatic carbocycles. The van der Waals surface area contributed by atoms with Crippen molar-refractivity contribution in [3.05, 3.63) is 23.4 Å². The minimum absolute atomic E-state index is 0.0431. The number of nitrogens with one attached hydrogen (secondary N) is 1. The first kappa shape index (κ1) is 24.4. The Balaban J connectivity index is 4.83. The van der Waals surface area contributed by atoms with Gasteiger partial charge in [-0.05, 0) is 50.0 Å². The van der Waals surface area contributed by atoms with Gasteiger partial charge in [0.1, 0.15) is 0 Å². The molecule has 25 heavy (non-hydrogen) atoms. The van der Waals surface area contributed by atoms with E-state index in [1.54, 1.807) is 6.20 Å². The van der Waals surface area contributed by atoms with Crippen LogP contribution in [0.3, 0.4) is 0 Å². The van der Waals surface area contributed by atoms with Gasteiger partial charge in [0, 0.05) is 5.03 Å². The van der Waals surface area contributed by atoms with Crippen molar-refractivity contribution in [2.45, 2.75) is 84.7 Å². The average Bonchev–Trinajstić information content (AvgIpc) is 2.46. The zero-order valence-corrected chi connectivity index (χ0v) is 18.9. The molecule has 0 aromatic rings. The third-order valence-corrected chi connectivity index (χ3v) is 9.38. The van der Waals surface area contributed by atoms with Crippen LogP contribution in [0.4, 0.5) is 0 Å². The van der Waals surface area contributed by atoms with Crippen LogP contribution in [0, 0.1) is 5.92 Å². The van der Waals surface area contributed by atoms with Gasteiger partial charge in [-0.2, -0.15) is 0 Å². The maximum atomic E-state index is 11.9. The first-order chi connectivity index (χ1) is 11.3. The summed E-state index contributed by atoms with van der Waals surface area (Å²) in [4.78, 5) is 11.9. The van der Waals surface area contributed by atoms with Crippen molar-refractivity contribution in [3.63, 3.8) is 0 Å². The van der Waals surface area contributed by atoms with Gasteiger partial charge in [0.2, 0.25) is 5.91 Å². The van der Waals surface area contributed by atoms with Crippen molar-refractivity contribution in [2.24, 2.45) is 11.7 Å². The fourth-order valence-electron chi connectivity index (χ4n) is 1.84. The van der Waals surface area contributed by atoms with Crippen molar-refractivity contribution in [1.82, 2.24) is 5.32 Å². The van der Waals surface area contributed by atoms with Crippen LogP contribution in [-0.2, 0) is 9.22 Å². The number of carbonyl (C=O) groups is 1. The summed E-state index contributed by atoms with van der Waals surface area (Å²) in [5.41, 5.74) is 5.83. The van der Waals surface area contributed by atoms with E-state index in [1.165, 1.54) is 0 Å². The van der Waals surface area contributed by atoms with Crippen LogP contribution >= 0.6 is 11.6 Å². The van der Waals surface area contributed by atoms with E-state index in [-0.39, 0.29) is 23.0 Å². The Labute approximate surface area is 160 Å². The smallest absolute Gasteiger partial charge is 0.241 e. The third kappa shape index (κ3) is 9.59. The summed E-state index contributed by atoms with van der Waals surface area (Å²) < 4.78 is 6.49. The van der Waals surface area contributed by atoms with Crippen LogP contribution in [0.25, 0.3) is 0 Å². The maximum absolute atomic E-state index is 11.9. The van der Waals surface area contributed by atoms with Gasteiger partial charge in [0.25, 0.3) is 0 Å². The molecular formula is C19H37ClN2O2Si. The highest BCUT2D eigenvalue weighted by Gasteiger charge is 2.38. The first-order valence-electron chi connectivity index (χ1n) is 8.99. The zero-order valence-electron chi connectivity index (χ0n) is 17.2. The third-order valence-electron chi connectivity index (χ3n) is 4.69. The van der Waals surface area contributed by atoms with E-state index in [0.29, 0.717) is 6.42 Å². The van der Waals surface area contributed by atoms with Crippen LogP contribution in [-0.4, -0.2) is 26.4 Å². The number of hydrogen-bond donors (Lipinski definition) is 2. The largest absolute Gasteiger partial charge is 0.413 e. The summed E-state index contributed by atoms with van der Waals surface area (Å²) in [5.74, 6) is -0.0514. The normalized spacial score (nSPS) is 16.4. The molecule has 6 heteroatoms. The number of rotatable bonds is 9. The molecule has 0 heterocycles. The highest BCUT2D eigenvalue weighted by atomic mass is 35.5. The fourth-order valence-corrected chi connectivity index (χ4v) is 3.31. The van der Waals surface area contributed by atoms with Gasteiger partial charge in [-0.3, -0.25) is 4.79 Å². The van der Waals surface area contributed by atoms with Gasteiger partial charge < -0.3 is 15.5 Å². The molecule has 0 saturated heterocycles. The number of allylic oxidation sites excluding steroid dienone is 1. The number of nitrogens with two attached hydrogens (primary N) is 1. The number of halogens is 1. The summed E-state index contributed by atoms with van der Waals surface area (Å²) >= 11 is 5.98. The molecule has 0 aromatic heterocycles. The number of carbonyl (C=O) groups excluding carboxylic acids is 1. The second-order valence-corrected chi connectivity index (χ2v) is 13.8. The van der Waals surface area contributed by atoms with E-state index >= 15 is 0 Å². The van der Waals surface area contributed by atoms with E-state index in [1.807, 2.05) is 32.9 Å². The molecule has 0 aliphatic carbocycles. The van der Waals surface area contributed by atoms with E-state index in [9.17, 15) is 4.79 Å². The first-order valence-corrected chi connectivity index (χ1v) is 12.3. The molecule has 0 spiro atoms. The van der Waals surface area contributed by atoms with Gasteiger partial charge in [0.05, 0.1) is 12.1 Å². The highest BCUT2D eigenvalue weighted by Crippen LogP contribution is 2.38. The van der Waals surface area contributed by atoms with Gasteiger partial charge in [-0.1, -0.05) is 58.4 Å². The Morgan fingerprint density at radius 2 is 1.84 bits per heavy atom. The lowest BCUT2D eigenvalue weighted by Crippen LogP contribution is -2.44. The summed E-state index contributed by atoms with van der Waals surface area (Å²) in [6.45, 7) is 16.9. The average molecular weight is 389 g/mol. The summed E-state index contributed by atoms with van der Waals surface area (Å²) in [6.07, 6.45) is 7.10. The SMILES string of the molecule is CC(Cl)=CC[C@@H](CC=CNC(=O)[C@@H](N)C(C)C)O[Si](C)(C)C(C)(C)C. The Morgan fingerprint density at radius 1 is 1.28 bits per heavy atom. The van der Waals surface area contributed by atoms with Crippen molar-refractivity contribution >= 4 is 25.8 Å². The predicted octanol–water partition coefficient (Wildman–Crippen LogP) is 4.91. The van der Waals surface area contributed by atoms with Gasteiger partial charge in [-0.15, -0.1) is 0 Å². The minimum Gasteiger partial charge on any atom is -0.413 e. The molecule has 0 bridgehead atoms. The summed E-state index contributed by atoms with van der Waals surface area (Å²) in [7, 11) is -1.87. The zero-order chi connectivity index (χ0) is 19.8. The van der Waals surface area contributed by atoms with Gasteiger partial charge in [-0.25, -0.2) is 0 Å². The molecule has 3 N–H and O–H groups in total. The lowest BCUT2D eigenvalue weighted by molar-refractivity contribution is -0.122. The number of hydrogen-bond acceptors (Lipinski definition) is 3. The summed E-state index contributed by atoms with van der Waals surface area (Å²) in [5, 5.41) is 3.66. The second kappa shape index (κ2) is 10.5. The molecule has 0 unspecified atom stereocenters. The lowest BCUT2D eigenvalue weighted by atomic mass is 10.1. The Morgan fingerprint density at radius 3 is 2.28 bits per heavy atom. The van der Waals surface area contributed by atoms with Crippen molar-refractivity contribution in [2.75, 3.05) is 0 Å². The van der Waals surface area contributed by atoms with Crippen LogP contribution < -0.4 is 11.1 Å². The van der Waals surface area contributed by atoms with Crippen LogP contribution in [0.5, 0.6) is 0 Å². The van der Waals surface area contributed by atoms with E-state index in [4.69, 9.17) is 21.8 Å². The Hall–Kier alpha value is -0.623.